The molecule has 1 saturated carbocycles. The lowest BCUT2D eigenvalue weighted by Gasteiger charge is -2.50. The lowest BCUT2D eigenvalue weighted by molar-refractivity contribution is -0.141. The number of nitrogens with one attached hydrogen (secondary N) is 2. The fraction of sp³-hybridized carbons (Fsp3) is 0.579. The molecule has 3 aliphatic rings. The van der Waals surface area contributed by atoms with Gasteiger partial charge in [-0.05, 0) is 31.2 Å². The number of hydrogen-bond acceptors (Lipinski definition) is 3. The first-order valence-electron chi connectivity index (χ1n) is 9.30. The van der Waals surface area contributed by atoms with Gasteiger partial charge in [-0.3, -0.25) is 9.69 Å². The van der Waals surface area contributed by atoms with Gasteiger partial charge < -0.3 is 15.5 Å². The zero-order chi connectivity index (χ0) is 17.3. The summed E-state index contributed by atoms with van der Waals surface area (Å²) in [6.45, 7) is 3.60. The molecule has 134 valence electrons. The molecule has 1 aliphatic carbocycles. The lowest BCUT2D eigenvalue weighted by Crippen LogP contribution is -2.68. The van der Waals surface area contributed by atoms with Gasteiger partial charge in [0.1, 0.15) is 5.54 Å². The molecular formula is C19H26N4O2. The molecule has 3 fully saturated rings. The Morgan fingerprint density at radius 3 is 2.56 bits per heavy atom. The van der Waals surface area contributed by atoms with Crippen molar-refractivity contribution in [3.63, 3.8) is 0 Å². The van der Waals surface area contributed by atoms with Gasteiger partial charge in [0.05, 0.1) is 0 Å². The van der Waals surface area contributed by atoms with Gasteiger partial charge in [-0.25, -0.2) is 4.79 Å². The van der Waals surface area contributed by atoms with E-state index in [1.807, 2.05) is 23.1 Å². The maximum Gasteiger partial charge on any atom is 0.317 e. The second kappa shape index (κ2) is 6.67. The van der Waals surface area contributed by atoms with Gasteiger partial charge in [0, 0.05) is 38.8 Å². The molecule has 6 nitrogen and oxygen atoms in total. The molecular weight excluding hydrogens is 316 g/mol. The standard InChI is InChI=1S/C19H26N4O2/c24-17-19(8-11-22(12-9-19)18(25)21-16-6-7-16)23(13-10-20-17)14-15-4-2-1-3-5-15/h1-5,16H,6-14H2,(H,20,24)(H,21,25). The molecule has 0 radical (unpaired) electrons. The minimum atomic E-state index is -0.482. The maximum absolute atomic E-state index is 12.8. The highest BCUT2D eigenvalue weighted by Crippen LogP contribution is 2.32. The van der Waals surface area contributed by atoms with Crippen LogP contribution in [0.1, 0.15) is 31.2 Å². The van der Waals surface area contributed by atoms with Crippen molar-refractivity contribution < 1.29 is 9.59 Å². The van der Waals surface area contributed by atoms with E-state index in [0.717, 1.165) is 25.9 Å². The molecule has 2 saturated heterocycles. The molecule has 1 aromatic carbocycles. The number of rotatable bonds is 3. The summed E-state index contributed by atoms with van der Waals surface area (Å²) in [5.41, 5.74) is 0.746. The van der Waals surface area contributed by atoms with Gasteiger partial charge in [0.15, 0.2) is 0 Å². The maximum atomic E-state index is 12.8. The monoisotopic (exact) mass is 342 g/mol. The Morgan fingerprint density at radius 1 is 1.16 bits per heavy atom. The van der Waals surface area contributed by atoms with E-state index in [0.29, 0.717) is 38.5 Å². The van der Waals surface area contributed by atoms with Crippen LogP contribution in [-0.2, 0) is 11.3 Å². The van der Waals surface area contributed by atoms with Crippen LogP contribution in [-0.4, -0.2) is 59.5 Å². The van der Waals surface area contributed by atoms with Crippen molar-refractivity contribution in [1.29, 1.82) is 0 Å². The quantitative estimate of drug-likeness (QED) is 0.871. The summed E-state index contributed by atoms with van der Waals surface area (Å²) in [5.74, 6) is 0.122. The predicted octanol–water partition coefficient (Wildman–Crippen LogP) is 1.33. The van der Waals surface area contributed by atoms with Crippen LogP contribution in [0, 0.1) is 0 Å². The Morgan fingerprint density at radius 2 is 1.88 bits per heavy atom. The average Bonchev–Trinajstić information content (AvgIpc) is 3.45. The van der Waals surface area contributed by atoms with Gasteiger partial charge >= 0.3 is 6.03 Å². The zero-order valence-corrected chi connectivity index (χ0v) is 14.5. The third-order valence-electron chi connectivity index (χ3n) is 5.69. The van der Waals surface area contributed by atoms with E-state index in [1.165, 1.54) is 5.56 Å². The largest absolute Gasteiger partial charge is 0.353 e. The predicted molar refractivity (Wildman–Crippen MR) is 95.0 cm³/mol. The topological polar surface area (TPSA) is 64.7 Å². The van der Waals surface area contributed by atoms with Crippen molar-refractivity contribution in [2.45, 2.75) is 43.8 Å². The van der Waals surface area contributed by atoms with E-state index in [9.17, 15) is 9.59 Å². The number of benzene rings is 1. The van der Waals surface area contributed by atoms with Gasteiger partial charge in [-0.15, -0.1) is 0 Å². The summed E-state index contributed by atoms with van der Waals surface area (Å²) in [4.78, 5) is 29.2. The number of carbonyl (C=O) groups excluding carboxylic acids is 2. The summed E-state index contributed by atoms with van der Waals surface area (Å²) in [6.07, 6.45) is 3.58. The summed E-state index contributed by atoms with van der Waals surface area (Å²) in [5, 5.41) is 6.09. The van der Waals surface area contributed by atoms with E-state index in [1.54, 1.807) is 0 Å². The van der Waals surface area contributed by atoms with Crippen molar-refractivity contribution in [2.75, 3.05) is 26.2 Å². The van der Waals surface area contributed by atoms with Crippen LogP contribution >= 0.6 is 0 Å². The Balaban J connectivity index is 1.45. The number of carbonyl (C=O) groups is 2. The smallest absolute Gasteiger partial charge is 0.317 e. The molecule has 6 heteroatoms. The summed E-state index contributed by atoms with van der Waals surface area (Å²) < 4.78 is 0. The molecule has 0 atom stereocenters. The molecule has 2 aliphatic heterocycles. The number of piperidine rings is 1. The summed E-state index contributed by atoms with van der Waals surface area (Å²) >= 11 is 0. The first kappa shape index (κ1) is 16.4. The van der Waals surface area contributed by atoms with Crippen LogP contribution in [0.3, 0.4) is 0 Å². The van der Waals surface area contributed by atoms with Crippen molar-refractivity contribution >= 4 is 11.9 Å². The van der Waals surface area contributed by atoms with E-state index in [4.69, 9.17) is 0 Å². The molecule has 4 rings (SSSR count). The highest BCUT2D eigenvalue weighted by molar-refractivity contribution is 5.87. The highest BCUT2D eigenvalue weighted by atomic mass is 16.2. The fourth-order valence-corrected chi connectivity index (χ4v) is 3.98. The second-order valence-electron chi connectivity index (χ2n) is 7.41. The van der Waals surface area contributed by atoms with Crippen molar-refractivity contribution in [2.24, 2.45) is 0 Å². The molecule has 2 N–H and O–H groups in total. The molecule has 0 unspecified atom stereocenters. The lowest BCUT2D eigenvalue weighted by atomic mass is 9.83. The van der Waals surface area contributed by atoms with Crippen molar-refractivity contribution in [3.8, 4) is 0 Å². The van der Waals surface area contributed by atoms with Gasteiger partial charge in [-0.1, -0.05) is 30.3 Å². The average molecular weight is 342 g/mol. The van der Waals surface area contributed by atoms with Crippen LogP contribution in [0.4, 0.5) is 4.79 Å². The Labute approximate surface area is 148 Å². The van der Waals surface area contributed by atoms with Crippen LogP contribution in [0.15, 0.2) is 30.3 Å². The normalized spacial score (nSPS) is 23.4. The third-order valence-corrected chi connectivity index (χ3v) is 5.69. The van der Waals surface area contributed by atoms with Gasteiger partial charge in [0.25, 0.3) is 0 Å². The first-order valence-corrected chi connectivity index (χ1v) is 9.30. The van der Waals surface area contributed by atoms with Gasteiger partial charge in [0.2, 0.25) is 5.91 Å². The second-order valence-corrected chi connectivity index (χ2v) is 7.41. The van der Waals surface area contributed by atoms with Crippen LogP contribution in [0.5, 0.6) is 0 Å². The molecule has 0 aromatic heterocycles. The molecule has 3 amide bonds. The SMILES string of the molecule is O=C(NC1CC1)N1CCC2(CC1)C(=O)NCCN2Cc1ccccc1. The third kappa shape index (κ3) is 3.35. The molecule has 25 heavy (non-hydrogen) atoms. The Kier molecular flexibility index (Phi) is 4.37. The number of nitrogens with zero attached hydrogens (tertiary/aromatic N) is 2. The molecule has 0 bridgehead atoms. The van der Waals surface area contributed by atoms with Crippen LogP contribution in [0.2, 0.25) is 0 Å². The van der Waals surface area contributed by atoms with E-state index < -0.39 is 5.54 Å². The Bertz CT molecular complexity index is 636. The highest BCUT2D eigenvalue weighted by Gasteiger charge is 2.48. The Hall–Kier alpha value is -2.08. The van der Waals surface area contributed by atoms with E-state index in [-0.39, 0.29) is 11.9 Å². The zero-order valence-electron chi connectivity index (χ0n) is 14.5. The first-order chi connectivity index (χ1) is 12.2. The van der Waals surface area contributed by atoms with E-state index >= 15 is 0 Å². The molecule has 1 spiro atoms. The molecule has 2 heterocycles. The fourth-order valence-electron chi connectivity index (χ4n) is 3.98. The molecule has 1 aromatic rings. The summed E-state index contributed by atoms with van der Waals surface area (Å²) in [7, 11) is 0. The van der Waals surface area contributed by atoms with Crippen LogP contribution in [0.25, 0.3) is 0 Å². The van der Waals surface area contributed by atoms with Gasteiger partial charge in [-0.2, -0.15) is 0 Å². The van der Waals surface area contributed by atoms with E-state index in [2.05, 4.69) is 27.7 Å². The minimum absolute atomic E-state index is 0.0307. The number of amides is 3. The van der Waals surface area contributed by atoms with Crippen LogP contribution < -0.4 is 10.6 Å². The number of urea groups is 1. The van der Waals surface area contributed by atoms with Crippen molar-refractivity contribution in [3.05, 3.63) is 35.9 Å². The number of hydrogen-bond donors (Lipinski definition) is 2. The van der Waals surface area contributed by atoms with Crippen molar-refractivity contribution in [1.82, 2.24) is 20.4 Å². The number of piperazine rings is 1. The minimum Gasteiger partial charge on any atom is -0.353 e. The number of likely N-dealkylation sites (tertiary alicyclic amines) is 1. The summed E-state index contributed by atoms with van der Waals surface area (Å²) in [6, 6.07) is 10.7.